The number of hydrogen-bond acceptors (Lipinski definition) is 2. The van der Waals surface area contributed by atoms with Crippen LogP contribution in [0.5, 0.6) is 0 Å². The molecule has 22 heavy (non-hydrogen) atoms. The highest BCUT2D eigenvalue weighted by Crippen LogP contribution is 2.40. The summed E-state index contributed by atoms with van der Waals surface area (Å²) in [5.41, 5.74) is 0. The second kappa shape index (κ2) is 6.21. The van der Waals surface area contributed by atoms with Crippen LogP contribution in [0.25, 0.3) is 0 Å². The van der Waals surface area contributed by atoms with Crippen molar-refractivity contribution in [3.63, 3.8) is 0 Å². The number of nitrogens with zero attached hydrogens (tertiary/aromatic N) is 1. The Balaban J connectivity index is 1.36. The summed E-state index contributed by atoms with van der Waals surface area (Å²) in [6.45, 7) is 5.20. The smallest absolute Gasteiger partial charge is 0.225 e. The Kier molecular flexibility index (Phi) is 4.47. The maximum atomic E-state index is 12.2. The van der Waals surface area contributed by atoms with Crippen molar-refractivity contribution in [2.24, 2.45) is 29.6 Å². The summed E-state index contributed by atoms with van der Waals surface area (Å²) in [5.74, 6) is 2.96. The third-order valence-corrected chi connectivity index (χ3v) is 5.97. The highest BCUT2D eigenvalue weighted by Gasteiger charge is 2.41. The molecule has 2 amide bonds. The summed E-state index contributed by atoms with van der Waals surface area (Å²) < 4.78 is 0. The summed E-state index contributed by atoms with van der Waals surface area (Å²) in [6, 6.07) is 0.362. The van der Waals surface area contributed by atoms with Crippen molar-refractivity contribution in [2.45, 2.75) is 58.4 Å². The lowest BCUT2D eigenvalue weighted by molar-refractivity contribution is -0.132. The summed E-state index contributed by atoms with van der Waals surface area (Å²) in [6.07, 6.45) is 6.53. The van der Waals surface area contributed by atoms with Gasteiger partial charge in [0.25, 0.3) is 0 Å². The maximum Gasteiger partial charge on any atom is 0.225 e. The van der Waals surface area contributed by atoms with Gasteiger partial charge in [0.1, 0.15) is 0 Å². The number of carbonyl (C=O) groups excluding carboxylic acids is 2. The monoisotopic (exact) mass is 306 g/mol. The van der Waals surface area contributed by atoms with Crippen molar-refractivity contribution in [1.29, 1.82) is 0 Å². The number of nitrogens with one attached hydrogen (secondary N) is 1. The van der Waals surface area contributed by atoms with E-state index < -0.39 is 0 Å². The predicted molar refractivity (Wildman–Crippen MR) is 86.1 cm³/mol. The lowest BCUT2D eigenvalue weighted by Gasteiger charge is -2.32. The van der Waals surface area contributed by atoms with E-state index in [4.69, 9.17) is 0 Å². The van der Waals surface area contributed by atoms with E-state index in [1.807, 2.05) is 11.9 Å². The molecule has 4 nitrogen and oxygen atoms in total. The molecule has 0 saturated heterocycles. The first kappa shape index (κ1) is 15.8. The van der Waals surface area contributed by atoms with Crippen LogP contribution in [0.1, 0.15) is 52.4 Å². The Morgan fingerprint density at radius 1 is 1.00 bits per heavy atom. The Hall–Kier alpha value is -1.06. The summed E-state index contributed by atoms with van der Waals surface area (Å²) in [4.78, 5) is 26.1. The fourth-order valence-electron chi connectivity index (χ4n) is 3.91. The molecular formula is C18H30N2O2. The van der Waals surface area contributed by atoms with Crippen LogP contribution in [0, 0.1) is 29.6 Å². The van der Waals surface area contributed by atoms with Gasteiger partial charge >= 0.3 is 0 Å². The number of hydrogen-bond donors (Lipinski definition) is 1. The van der Waals surface area contributed by atoms with E-state index in [-0.39, 0.29) is 11.8 Å². The van der Waals surface area contributed by atoms with E-state index in [1.54, 1.807) is 0 Å². The van der Waals surface area contributed by atoms with Crippen LogP contribution in [-0.4, -0.2) is 36.3 Å². The van der Waals surface area contributed by atoms with Crippen LogP contribution >= 0.6 is 0 Å². The second-order valence-electron chi connectivity index (χ2n) is 8.08. The number of amides is 2. The normalized spacial score (nSPS) is 40.0. The molecule has 0 unspecified atom stereocenters. The minimum atomic E-state index is 0.269. The Bertz CT molecular complexity index is 442. The van der Waals surface area contributed by atoms with Crippen LogP contribution in [0.2, 0.25) is 0 Å². The molecule has 4 heteroatoms. The van der Waals surface area contributed by atoms with Gasteiger partial charge in [0, 0.05) is 31.5 Å². The van der Waals surface area contributed by atoms with Gasteiger partial charge in [-0.3, -0.25) is 9.59 Å². The standard InChI is InChI=1S/C18H30N2O2/c1-11-8-15(11)17(21)19-14-6-4-13(5-7-14)10-20(3)18(22)16-9-12(16)2/h11-16H,4-10H2,1-3H3,(H,19,21)/t11-,12-,13?,14?,15+,16-/m1/s1. The molecule has 0 bridgehead atoms. The van der Waals surface area contributed by atoms with Gasteiger partial charge in [-0.1, -0.05) is 13.8 Å². The van der Waals surface area contributed by atoms with Gasteiger partial charge in [0.05, 0.1) is 0 Å². The van der Waals surface area contributed by atoms with Crippen molar-refractivity contribution in [1.82, 2.24) is 10.2 Å². The van der Waals surface area contributed by atoms with Crippen molar-refractivity contribution in [2.75, 3.05) is 13.6 Å². The lowest BCUT2D eigenvalue weighted by atomic mass is 9.85. The highest BCUT2D eigenvalue weighted by atomic mass is 16.2. The molecule has 3 saturated carbocycles. The molecule has 0 heterocycles. The SMILES string of the molecule is C[C@@H]1C[C@@H]1C(=O)NC1CCC(CN(C)C(=O)[C@@H]2C[C@H]2C)CC1. The third kappa shape index (κ3) is 3.64. The number of carbonyl (C=O) groups is 2. The molecule has 3 rings (SSSR count). The summed E-state index contributed by atoms with van der Waals surface area (Å²) in [7, 11) is 1.95. The van der Waals surface area contributed by atoms with Gasteiger partial charge in [-0.05, 0) is 56.3 Å². The van der Waals surface area contributed by atoms with Crippen LogP contribution in [0.15, 0.2) is 0 Å². The van der Waals surface area contributed by atoms with Gasteiger partial charge in [-0.15, -0.1) is 0 Å². The van der Waals surface area contributed by atoms with Crippen molar-refractivity contribution in [3.05, 3.63) is 0 Å². The zero-order chi connectivity index (χ0) is 15.9. The molecular weight excluding hydrogens is 276 g/mol. The van der Waals surface area contributed by atoms with E-state index in [2.05, 4.69) is 19.2 Å². The number of rotatable bonds is 5. The van der Waals surface area contributed by atoms with Crippen LogP contribution < -0.4 is 5.32 Å². The van der Waals surface area contributed by atoms with Gasteiger partial charge in [0.15, 0.2) is 0 Å². The third-order valence-electron chi connectivity index (χ3n) is 5.97. The Labute approximate surface area is 134 Å². The molecule has 124 valence electrons. The molecule has 0 aromatic rings. The average molecular weight is 306 g/mol. The van der Waals surface area contributed by atoms with Crippen LogP contribution in [0.4, 0.5) is 0 Å². The van der Waals surface area contributed by atoms with Crippen LogP contribution in [0.3, 0.4) is 0 Å². The quantitative estimate of drug-likeness (QED) is 0.848. The largest absolute Gasteiger partial charge is 0.353 e. The topological polar surface area (TPSA) is 49.4 Å². The molecule has 4 atom stereocenters. The average Bonchev–Trinajstić information content (AvgIpc) is 3.38. The maximum absolute atomic E-state index is 12.2. The molecule has 0 aromatic heterocycles. The summed E-state index contributed by atoms with van der Waals surface area (Å²) in [5, 5.41) is 3.22. The summed E-state index contributed by atoms with van der Waals surface area (Å²) >= 11 is 0. The minimum Gasteiger partial charge on any atom is -0.353 e. The van der Waals surface area contributed by atoms with Crippen molar-refractivity contribution >= 4 is 11.8 Å². The fourth-order valence-corrected chi connectivity index (χ4v) is 3.91. The predicted octanol–water partition coefficient (Wildman–Crippen LogP) is 2.43. The molecule has 0 aliphatic heterocycles. The Morgan fingerprint density at radius 3 is 2.05 bits per heavy atom. The van der Waals surface area contributed by atoms with E-state index in [0.717, 1.165) is 45.1 Å². The molecule has 3 aliphatic rings. The second-order valence-corrected chi connectivity index (χ2v) is 8.08. The molecule has 0 aromatic carbocycles. The first-order valence-electron chi connectivity index (χ1n) is 9.01. The minimum absolute atomic E-state index is 0.269. The van der Waals surface area contributed by atoms with Gasteiger partial charge in [0.2, 0.25) is 11.8 Å². The first-order chi connectivity index (χ1) is 10.5. The van der Waals surface area contributed by atoms with Crippen molar-refractivity contribution < 1.29 is 9.59 Å². The van der Waals surface area contributed by atoms with Gasteiger partial charge in [-0.25, -0.2) is 0 Å². The van der Waals surface area contributed by atoms with Crippen molar-refractivity contribution in [3.8, 4) is 0 Å². The molecule has 0 radical (unpaired) electrons. The Morgan fingerprint density at radius 2 is 1.55 bits per heavy atom. The van der Waals surface area contributed by atoms with E-state index in [1.165, 1.54) is 0 Å². The zero-order valence-corrected chi connectivity index (χ0v) is 14.2. The van der Waals surface area contributed by atoms with Gasteiger partial charge in [-0.2, -0.15) is 0 Å². The van der Waals surface area contributed by atoms with E-state index >= 15 is 0 Å². The highest BCUT2D eigenvalue weighted by molar-refractivity contribution is 5.82. The molecule has 3 fully saturated rings. The van der Waals surface area contributed by atoms with Crippen LogP contribution in [-0.2, 0) is 9.59 Å². The fraction of sp³-hybridized carbons (Fsp3) is 0.889. The molecule has 0 spiro atoms. The van der Waals surface area contributed by atoms with Gasteiger partial charge < -0.3 is 10.2 Å². The molecule has 1 N–H and O–H groups in total. The van der Waals surface area contributed by atoms with E-state index in [0.29, 0.717) is 35.6 Å². The zero-order valence-electron chi connectivity index (χ0n) is 14.2. The molecule has 3 aliphatic carbocycles. The lowest BCUT2D eigenvalue weighted by Crippen LogP contribution is -2.41. The first-order valence-corrected chi connectivity index (χ1v) is 9.01. The van der Waals surface area contributed by atoms with E-state index in [9.17, 15) is 9.59 Å².